The van der Waals surface area contributed by atoms with Crippen LogP contribution in [0.1, 0.15) is 39.7 Å². The van der Waals surface area contributed by atoms with Crippen LogP contribution in [-0.2, 0) is 4.74 Å². The molecule has 0 unspecified atom stereocenters. The van der Waals surface area contributed by atoms with Gasteiger partial charge in [-0.05, 0) is 45.7 Å². The van der Waals surface area contributed by atoms with E-state index in [0.29, 0.717) is 47.3 Å². The summed E-state index contributed by atoms with van der Waals surface area (Å²) in [6, 6.07) is 9.46. The number of carbonyl (C=O) groups is 1. The molecule has 0 atom stereocenters. The van der Waals surface area contributed by atoms with E-state index in [4.69, 9.17) is 19.2 Å². The van der Waals surface area contributed by atoms with Crippen LogP contribution in [0.4, 0.5) is 16.3 Å². The number of fused-ring (bicyclic) bond motifs is 1. The molecular formula is C28H33N7O4. The number of amides is 1. The average molecular weight is 532 g/mol. The molecule has 1 saturated heterocycles. The number of ether oxygens (including phenoxy) is 3. The molecule has 1 aliphatic heterocycles. The van der Waals surface area contributed by atoms with Gasteiger partial charge < -0.3 is 24.4 Å². The van der Waals surface area contributed by atoms with Crippen molar-refractivity contribution < 1.29 is 19.0 Å². The largest absolute Gasteiger partial charge is 0.497 e. The van der Waals surface area contributed by atoms with Crippen LogP contribution in [0.5, 0.6) is 11.5 Å². The number of nitrogens with zero attached hydrogens (tertiary/aromatic N) is 6. The maximum absolute atomic E-state index is 12.4. The Balaban J connectivity index is 1.29. The lowest BCUT2D eigenvalue weighted by Crippen LogP contribution is -2.42. The molecule has 0 spiro atoms. The van der Waals surface area contributed by atoms with Gasteiger partial charge in [-0.2, -0.15) is 5.10 Å². The lowest BCUT2D eigenvalue weighted by molar-refractivity contribution is 0.0185. The molecule has 1 aromatic carbocycles. The van der Waals surface area contributed by atoms with E-state index in [2.05, 4.69) is 20.4 Å². The summed E-state index contributed by atoms with van der Waals surface area (Å²) in [4.78, 5) is 28.1. The van der Waals surface area contributed by atoms with E-state index in [0.717, 1.165) is 24.1 Å². The van der Waals surface area contributed by atoms with E-state index >= 15 is 0 Å². The van der Waals surface area contributed by atoms with Crippen LogP contribution >= 0.6 is 0 Å². The number of rotatable bonds is 6. The second-order valence-corrected chi connectivity index (χ2v) is 10.4. The van der Waals surface area contributed by atoms with Crippen LogP contribution < -0.4 is 14.8 Å². The Morgan fingerprint density at radius 2 is 1.72 bits per heavy atom. The normalized spacial score (nSPS) is 14.3. The first-order valence-corrected chi connectivity index (χ1v) is 12.9. The maximum Gasteiger partial charge on any atom is 0.410 e. The molecule has 1 amide bonds. The van der Waals surface area contributed by atoms with Crippen molar-refractivity contribution in [2.75, 3.05) is 32.6 Å². The smallest absolute Gasteiger partial charge is 0.410 e. The minimum absolute atomic E-state index is 0.194. The van der Waals surface area contributed by atoms with Crippen molar-refractivity contribution in [2.45, 2.75) is 45.3 Å². The molecule has 4 heterocycles. The summed E-state index contributed by atoms with van der Waals surface area (Å²) in [5.74, 6) is 1.97. The highest BCUT2D eigenvalue weighted by Gasteiger charge is 2.28. The van der Waals surface area contributed by atoms with Crippen LogP contribution in [-0.4, -0.2) is 68.6 Å². The summed E-state index contributed by atoms with van der Waals surface area (Å²) in [6.45, 7) is 6.89. The summed E-state index contributed by atoms with van der Waals surface area (Å²) >= 11 is 0. The van der Waals surface area contributed by atoms with Gasteiger partial charge in [-0.25, -0.2) is 14.8 Å². The number of hydrogen-bond acceptors (Lipinski definition) is 9. The molecule has 11 nitrogen and oxygen atoms in total. The van der Waals surface area contributed by atoms with E-state index in [1.54, 1.807) is 37.6 Å². The van der Waals surface area contributed by atoms with Gasteiger partial charge in [0, 0.05) is 48.7 Å². The SMILES string of the molecule is COc1cc(Nc2ccc3ncc(-c4cnn(C5CCN(C(=O)OC(C)(C)C)CC5)c4)nc3n2)cc(OC)c1. The second kappa shape index (κ2) is 10.8. The van der Waals surface area contributed by atoms with Crippen molar-refractivity contribution in [2.24, 2.45) is 0 Å². The molecule has 0 bridgehead atoms. The fraction of sp³-hybridized carbons (Fsp3) is 0.393. The zero-order valence-corrected chi connectivity index (χ0v) is 22.8. The standard InChI is InChI=1S/C28H33N7O4/c1-28(2,3)39-27(36)34-10-8-20(9-11-34)35-17-18(15-30-35)24-16-29-23-6-7-25(33-26(23)32-24)31-19-12-21(37-4)14-22(13-19)38-5/h6-7,12-17,20H,8-11H2,1-5H3,(H,31,32,33). The fourth-order valence-corrected chi connectivity index (χ4v) is 4.44. The van der Waals surface area contributed by atoms with E-state index in [-0.39, 0.29) is 12.1 Å². The summed E-state index contributed by atoms with van der Waals surface area (Å²) in [7, 11) is 3.22. The van der Waals surface area contributed by atoms with E-state index in [1.165, 1.54) is 0 Å². The molecule has 0 saturated carbocycles. The van der Waals surface area contributed by atoms with Gasteiger partial charge in [0.25, 0.3) is 0 Å². The monoisotopic (exact) mass is 531 g/mol. The van der Waals surface area contributed by atoms with E-state index < -0.39 is 5.60 Å². The summed E-state index contributed by atoms with van der Waals surface area (Å²) < 4.78 is 18.2. The molecule has 11 heteroatoms. The first-order chi connectivity index (χ1) is 18.7. The third kappa shape index (κ3) is 6.19. The van der Waals surface area contributed by atoms with Gasteiger partial charge in [0.2, 0.25) is 0 Å². The summed E-state index contributed by atoms with van der Waals surface area (Å²) in [5, 5.41) is 7.87. The Bertz CT molecular complexity index is 1450. The first-order valence-electron chi connectivity index (χ1n) is 12.9. The highest BCUT2D eigenvalue weighted by atomic mass is 16.6. The third-order valence-electron chi connectivity index (χ3n) is 6.42. The van der Waals surface area contributed by atoms with Gasteiger partial charge in [0.15, 0.2) is 5.65 Å². The van der Waals surface area contributed by atoms with Crippen LogP contribution in [0.25, 0.3) is 22.4 Å². The summed E-state index contributed by atoms with van der Waals surface area (Å²) in [5.41, 5.74) is 3.03. The zero-order valence-electron chi connectivity index (χ0n) is 22.8. The highest BCUT2D eigenvalue weighted by molar-refractivity contribution is 5.76. The van der Waals surface area contributed by atoms with Crippen LogP contribution in [0, 0.1) is 0 Å². The Morgan fingerprint density at radius 3 is 2.38 bits per heavy atom. The molecule has 1 N–H and O–H groups in total. The van der Waals surface area contributed by atoms with Crippen molar-refractivity contribution in [3.63, 3.8) is 0 Å². The lowest BCUT2D eigenvalue weighted by atomic mass is 10.1. The summed E-state index contributed by atoms with van der Waals surface area (Å²) in [6.07, 6.45) is 6.84. The van der Waals surface area contributed by atoms with Crippen molar-refractivity contribution in [3.8, 4) is 22.8 Å². The molecule has 0 aliphatic carbocycles. The maximum atomic E-state index is 12.4. The van der Waals surface area contributed by atoms with Gasteiger partial charge in [0.05, 0.1) is 38.3 Å². The van der Waals surface area contributed by atoms with Crippen molar-refractivity contribution in [1.82, 2.24) is 29.6 Å². The quantitative estimate of drug-likeness (QED) is 0.357. The topological polar surface area (TPSA) is 117 Å². The molecular weight excluding hydrogens is 498 g/mol. The molecule has 0 radical (unpaired) electrons. The number of methoxy groups -OCH3 is 2. The molecule has 204 valence electrons. The highest BCUT2D eigenvalue weighted by Crippen LogP contribution is 2.29. The Morgan fingerprint density at radius 1 is 1.00 bits per heavy atom. The van der Waals surface area contributed by atoms with Gasteiger partial charge in [-0.1, -0.05) is 0 Å². The number of nitrogens with one attached hydrogen (secondary N) is 1. The third-order valence-corrected chi connectivity index (χ3v) is 6.42. The van der Waals surface area contributed by atoms with Gasteiger partial charge >= 0.3 is 6.09 Å². The van der Waals surface area contributed by atoms with E-state index in [1.807, 2.05) is 55.9 Å². The lowest BCUT2D eigenvalue weighted by Gasteiger charge is -2.33. The molecule has 1 aliphatic rings. The predicted molar refractivity (Wildman–Crippen MR) is 147 cm³/mol. The van der Waals surface area contributed by atoms with Crippen LogP contribution in [0.3, 0.4) is 0 Å². The van der Waals surface area contributed by atoms with Gasteiger partial charge in [0.1, 0.15) is 28.4 Å². The number of aromatic nitrogens is 5. The van der Waals surface area contributed by atoms with Crippen LogP contribution in [0.2, 0.25) is 0 Å². The van der Waals surface area contributed by atoms with Gasteiger partial charge in [-0.3, -0.25) is 9.67 Å². The fourth-order valence-electron chi connectivity index (χ4n) is 4.44. The minimum Gasteiger partial charge on any atom is -0.497 e. The number of pyridine rings is 1. The van der Waals surface area contributed by atoms with Gasteiger partial charge in [-0.15, -0.1) is 0 Å². The number of piperidine rings is 1. The molecule has 3 aromatic heterocycles. The van der Waals surface area contributed by atoms with E-state index in [9.17, 15) is 4.79 Å². The van der Waals surface area contributed by atoms with Crippen molar-refractivity contribution in [3.05, 3.63) is 48.9 Å². The van der Waals surface area contributed by atoms with Crippen molar-refractivity contribution in [1.29, 1.82) is 0 Å². The van der Waals surface area contributed by atoms with Crippen molar-refractivity contribution >= 4 is 28.8 Å². The number of likely N-dealkylation sites (tertiary alicyclic amines) is 1. The Labute approximate surface area is 227 Å². The predicted octanol–water partition coefficient (Wildman–Crippen LogP) is 5.22. The Kier molecular flexibility index (Phi) is 7.23. The Hall–Kier alpha value is -4.41. The molecule has 39 heavy (non-hydrogen) atoms. The zero-order chi connectivity index (χ0) is 27.6. The molecule has 4 aromatic rings. The second-order valence-electron chi connectivity index (χ2n) is 10.4. The number of carbonyl (C=O) groups excluding carboxylic acids is 1. The first kappa shape index (κ1) is 26.2. The van der Waals surface area contributed by atoms with Crippen LogP contribution in [0.15, 0.2) is 48.9 Å². The number of anilines is 2. The molecule has 1 fully saturated rings. The minimum atomic E-state index is -0.500. The molecule has 5 rings (SSSR count). The number of hydrogen-bond donors (Lipinski definition) is 1. The number of benzene rings is 1. The average Bonchev–Trinajstić information content (AvgIpc) is 3.42.